The maximum Gasteiger partial charge on any atom is 0.187 e. The first-order valence-electron chi connectivity index (χ1n) is 8.12. The van der Waals surface area contributed by atoms with E-state index in [9.17, 15) is 4.79 Å². The minimum absolute atomic E-state index is 0.146. The second-order valence-electron chi connectivity index (χ2n) is 6.03. The van der Waals surface area contributed by atoms with Crippen LogP contribution in [0.5, 0.6) is 0 Å². The van der Waals surface area contributed by atoms with Gasteiger partial charge in [-0.05, 0) is 69.0 Å². The molecule has 3 nitrogen and oxygen atoms in total. The zero-order chi connectivity index (χ0) is 18.2. The molecule has 0 aliphatic rings. The average molecular weight is 377 g/mol. The smallest absolute Gasteiger partial charge is 0.187 e. The van der Waals surface area contributed by atoms with Gasteiger partial charge in [0.25, 0.3) is 0 Å². The van der Waals surface area contributed by atoms with Crippen LogP contribution in [0.4, 0.5) is 5.69 Å². The van der Waals surface area contributed by atoms with Crippen LogP contribution in [0.3, 0.4) is 0 Å². The Morgan fingerprint density at radius 2 is 1.84 bits per heavy atom. The Morgan fingerprint density at radius 1 is 1.12 bits per heavy atom. The van der Waals surface area contributed by atoms with Gasteiger partial charge in [0.2, 0.25) is 0 Å². The van der Waals surface area contributed by atoms with Crippen LogP contribution in [-0.2, 0) is 0 Å². The maximum absolute atomic E-state index is 12.2. The highest BCUT2D eigenvalue weighted by Crippen LogP contribution is 2.22. The maximum atomic E-state index is 12.2. The summed E-state index contributed by atoms with van der Waals surface area (Å²) >= 11 is 11.9. The summed E-state index contributed by atoms with van der Waals surface area (Å²) < 4.78 is 0. The highest BCUT2D eigenvalue weighted by Gasteiger charge is 2.07. The van der Waals surface area contributed by atoms with Crippen LogP contribution in [-0.4, -0.2) is 37.9 Å². The van der Waals surface area contributed by atoms with E-state index < -0.39 is 0 Å². The van der Waals surface area contributed by atoms with Crippen LogP contribution in [0.2, 0.25) is 10.0 Å². The van der Waals surface area contributed by atoms with Gasteiger partial charge in [-0.2, -0.15) is 0 Å². The molecule has 0 amide bonds. The molecule has 0 spiro atoms. The molecule has 2 aromatic carbocycles. The normalized spacial score (nSPS) is 11.2. The quantitative estimate of drug-likeness (QED) is 0.387. The van der Waals surface area contributed by atoms with Crippen molar-refractivity contribution in [3.8, 4) is 0 Å². The van der Waals surface area contributed by atoms with Crippen molar-refractivity contribution in [1.29, 1.82) is 0 Å². The molecule has 0 unspecified atom stereocenters. The summed E-state index contributed by atoms with van der Waals surface area (Å²) in [5.41, 5.74) is 2.47. The van der Waals surface area contributed by atoms with E-state index in [1.54, 1.807) is 24.3 Å². The first-order chi connectivity index (χ1) is 12.0. The number of hydrogen-bond acceptors (Lipinski definition) is 3. The van der Waals surface area contributed by atoms with Gasteiger partial charge in [0.15, 0.2) is 5.78 Å². The number of rotatable bonds is 8. The zero-order valence-corrected chi connectivity index (χ0v) is 15.9. The summed E-state index contributed by atoms with van der Waals surface area (Å²) in [5, 5.41) is 4.26. The lowest BCUT2D eigenvalue weighted by Crippen LogP contribution is -2.16. The van der Waals surface area contributed by atoms with E-state index in [4.69, 9.17) is 23.2 Å². The van der Waals surface area contributed by atoms with E-state index in [-0.39, 0.29) is 5.78 Å². The van der Waals surface area contributed by atoms with Crippen LogP contribution in [0.25, 0.3) is 6.08 Å². The number of halogens is 2. The predicted molar refractivity (Wildman–Crippen MR) is 108 cm³/mol. The number of allylic oxidation sites excluding steroid dienone is 1. The Balaban J connectivity index is 1.91. The lowest BCUT2D eigenvalue weighted by atomic mass is 10.1. The van der Waals surface area contributed by atoms with Crippen LogP contribution in [0.1, 0.15) is 22.3 Å². The lowest BCUT2D eigenvalue weighted by molar-refractivity contribution is 0.104. The molecule has 0 aromatic heterocycles. The van der Waals surface area contributed by atoms with Crippen molar-refractivity contribution in [2.75, 3.05) is 32.5 Å². The van der Waals surface area contributed by atoms with Crippen molar-refractivity contribution in [2.24, 2.45) is 0 Å². The average Bonchev–Trinajstić information content (AvgIpc) is 2.57. The number of nitrogens with zero attached hydrogens (tertiary/aromatic N) is 1. The molecule has 0 aliphatic carbocycles. The van der Waals surface area contributed by atoms with E-state index in [1.807, 2.05) is 24.3 Å². The van der Waals surface area contributed by atoms with Crippen LogP contribution in [0.15, 0.2) is 48.5 Å². The van der Waals surface area contributed by atoms with E-state index in [2.05, 4.69) is 24.3 Å². The number of anilines is 1. The number of benzene rings is 2. The van der Waals surface area contributed by atoms with Gasteiger partial charge < -0.3 is 10.2 Å². The summed E-state index contributed by atoms with van der Waals surface area (Å²) in [6.45, 7) is 1.99. The van der Waals surface area contributed by atoms with Crippen molar-refractivity contribution in [1.82, 2.24) is 4.90 Å². The molecule has 0 radical (unpaired) electrons. The molecule has 2 rings (SSSR count). The van der Waals surface area contributed by atoms with E-state index in [1.165, 1.54) is 6.08 Å². The Hall–Kier alpha value is -1.81. The van der Waals surface area contributed by atoms with Gasteiger partial charge in [-0.1, -0.05) is 41.4 Å². The molecule has 5 heteroatoms. The van der Waals surface area contributed by atoms with Gasteiger partial charge in [0.1, 0.15) is 0 Å². The zero-order valence-electron chi connectivity index (χ0n) is 14.4. The fraction of sp³-hybridized carbons (Fsp3) is 0.250. The monoisotopic (exact) mass is 376 g/mol. The van der Waals surface area contributed by atoms with Gasteiger partial charge in [-0.15, -0.1) is 0 Å². The Kier molecular flexibility index (Phi) is 7.51. The molecule has 2 aromatic rings. The fourth-order valence-corrected chi connectivity index (χ4v) is 2.79. The highest BCUT2D eigenvalue weighted by molar-refractivity contribution is 6.37. The van der Waals surface area contributed by atoms with Crippen molar-refractivity contribution in [3.05, 3.63) is 69.7 Å². The van der Waals surface area contributed by atoms with Gasteiger partial charge in [-0.25, -0.2) is 0 Å². The minimum Gasteiger partial charge on any atom is -0.385 e. The Labute approximate surface area is 159 Å². The number of hydrogen-bond donors (Lipinski definition) is 1. The Bertz CT molecular complexity index is 740. The SMILES string of the molecule is CN(C)CCCNc1ccc(/C=C/C(=O)c2ccc(Cl)cc2Cl)cc1. The van der Waals surface area contributed by atoms with Gasteiger partial charge in [-0.3, -0.25) is 4.79 Å². The second kappa shape index (κ2) is 9.62. The van der Waals surface area contributed by atoms with E-state index in [0.717, 1.165) is 30.8 Å². The minimum atomic E-state index is -0.146. The summed E-state index contributed by atoms with van der Waals surface area (Å²) in [6.07, 6.45) is 4.39. The molecule has 25 heavy (non-hydrogen) atoms. The molecule has 132 valence electrons. The first kappa shape index (κ1) is 19.5. The third-order valence-corrected chi connectivity index (χ3v) is 4.19. The molecule has 1 N–H and O–H groups in total. The predicted octanol–water partition coefficient (Wildman–Crippen LogP) is 5.25. The van der Waals surface area contributed by atoms with Crippen LogP contribution in [0, 0.1) is 0 Å². The summed E-state index contributed by atoms with van der Waals surface area (Å²) in [4.78, 5) is 14.4. The first-order valence-corrected chi connectivity index (χ1v) is 8.87. The fourth-order valence-electron chi connectivity index (χ4n) is 2.29. The molecule has 0 heterocycles. The number of nitrogens with one attached hydrogen (secondary N) is 1. The molecular formula is C20H22Cl2N2O. The van der Waals surface area contributed by atoms with Crippen molar-refractivity contribution < 1.29 is 4.79 Å². The summed E-state index contributed by atoms with van der Waals surface area (Å²) in [7, 11) is 4.14. The van der Waals surface area contributed by atoms with Crippen molar-refractivity contribution in [2.45, 2.75) is 6.42 Å². The van der Waals surface area contributed by atoms with Crippen LogP contribution >= 0.6 is 23.2 Å². The number of carbonyl (C=O) groups is 1. The summed E-state index contributed by atoms with van der Waals surface area (Å²) in [5.74, 6) is -0.146. The molecule has 0 saturated heterocycles. The second-order valence-corrected chi connectivity index (χ2v) is 6.87. The molecular weight excluding hydrogens is 355 g/mol. The highest BCUT2D eigenvalue weighted by atomic mass is 35.5. The Morgan fingerprint density at radius 3 is 2.48 bits per heavy atom. The molecule has 0 aliphatic heterocycles. The standard InChI is InChI=1S/C20H22Cl2N2O/c1-24(2)13-3-12-23-17-8-4-15(5-9-17)6-11-20(25)18-10-7-16(21)14-19(18)22/h4-11,14,23H,3,12-13H2,1-2H3/b11-6+. The number of ketones is 1. The van der Waals surface area contributed by atoms with Crippen molar-refractivity contribution in [3.63, 3.8) is 0 Å². The van der Waals surface area contributed by atoms with Gasteiger partial charge in [0.05, 0.1) is 5.02 Å². The van der Waals surface area contributed by atoms with Crippen molar-refractivity contribution >= 4 is 40.7 Å². The van der Waals surface area contributed by atoms with E-state index in [0.29, 0.717) is 15.6 Å². The molecule has 0 bridgehead atoms. The van der Waals surface area contributed by atoms with E-state index >= 15 is 0 Å². The molecule has 0 saturated carbocycles. The third kappa shape index (κ3) is 6.54. The molecule has 0 fully saturated rings. The van der Waals surface area contributed by atoms with Gasteiger partial charge in [0, 0.05) is 22.8 Å². The summed E-state index contributed by atoms with van der Waals surface area (Å²) in [6, 6.07) is 12.8. The van der Waals surface area contributed by atoms with Gasteiger partial charge >= 0.3 is 0 Å². The topological polar surface area (TPSA) is 32.3 Å². The lowest BCUT2D eigenvalue weighted by Gasteiger charge is -2.10. The largest absolute Gasteiger partial charge is 0.385 e. The number of carbonyl (C=O) groups excluding carboxylic acids is 1. The third-order valence-electron chi connectivity index (χ3n) is 3.65. The van der Waals surface area contributed by atoms with Crippen LogP contribution < -0.4 is 5.32 Å². The molecule has 0 atom stereocenters.